The zero-order chi connectivity index (χ0) is 23.3. The zero-order valence-electron chi connectivity index (χ0n) is 19.2. The van der Waals surface area contributed by atoms with Gasteiger partial charge in [-0.25, -0.2) is 4.98 Å². The summed E-state index contributed by atoms with van der Waals surface area (Å²) in [6.45, 7) is 11.7. The van der Waals surface area contributed by atoms with Gasteiger partial charge in [-0.1, -0.05) is 50.6 Å². The summed E-state index contributed by atoms with van der Waals surface area (Å²) in [5, 5.41) is 1.73. The number of carbonyl (C=O) groups excluding carboxylic acids is 1. The molecule has 1 heterocycles. The molecule has 0 saturated heterocycles. The fourth-order valence-corrected chi connectivity index (χ4v) is 5.51. The molecule has 32 heavy (non-hydrogen) atoms. The van der Waals surface area contributed by atoms with Crippen molar-refractivity contribution < 1.29 is 9.53 Å². The van der Waals surface area contributed by atoms with Gasteiger partial charge in [0.25, 0.3) is 5.91 Å². The molecule has 0 unspecified atom stereocenters. The highest BCUT2D eigenvalue weighted by atomic mass is 35.5. The average Bonchev–Trinajstić information content (AvgIpc) is 3.23. The second kappa shape index (κ2) is 11.4. The first-order valence-electron chi connectivity index (χ1n) is 10.8. The van der Waals surface area contributed by atoms with Gasteiger partial charge in [-0.3, -0.25) is 9.69 Å². The molecule has 8 heteroatoms. The summed E-state index contributed by atoms with van der Waals surface area (Å²) in [6, 6.07) is 11.4. The van der Waals surface area contributed by atoms with Crippen molar-refractivity contribution in [2.75, 3.05) is 38.2 Å². The molecular formula is C24H30ClN3O2S2. The van der Waals surface area contributed by atoms with Gasteiger partial charge in [0, 0.05) is 28.8 Å². The number of methoxy groups -OCH3 is 1. The molecule has 1 amide bonds. The molecule has 0 aliphatic rings. The molecule has 2 aromatic carbocycles. The van der Waals surface area contributed by atoms with Gasteiger partial charge in [0.05, 0.1) is 16.8 Å². The van der Waals surface area contributed by atoms with Crippen LogP contribution in [0.2, 0.25) is 5.02 Å². The predicted octanol–water partition coefficient (Wildman–Crippen LogP) is 6.45. The molecule has 0 aliphatic heterocycles. The summed E-state index contributed by atoms with van der Waals surface area (Å²) >= 11 is 9.64. The lowest BCUT2D eigenvalue weighted by molar-refractivity contribution is 0.0983. The minimum absolute atomic E-state index is 0.0626. The lowest BCUT2D eigenvalue weighted by atomic mass is 10.2. The van der Waals surface area contributed by atoms with E-state index in [1.165, 1.54) is 11.3 Å². The van der Waals surface area contributed by atoms with Crippen LogP contribution in [-0.4, -0.2) is 54.3 Å². The summed E-state index contributed by atoms with van der Waals surface area (Å²) in [4.78, 5) is 23.6. The number of ether oxygens (including phenoxy) is 1. The maximum atomic E-state index is 13.6. The third-order valence-corrected chi connectivity index (χ3v) is 7.70. The number of rotatable bonds is 10. The van der Waals surface area contributed by atoms with Crippen molar-refractivity contribution in [1.29, 1.82) is 0 Å². The number of carbonyl (C=O) groups is 1. The van der Waals surface area contributed by atoms with Crippen molar-refractivity contribution in [3.05, 3.63) is 47.0 Å². The van der Waals surface area contributed by atoms with E-state index in [9.17, 15) is 4.79 Å². The van der Waals surface area contributed by atoms with E-state index in [2.05, 4.69) is 32.6 Å². The largest absolute Gasteiger partial charge is 0.494 e. The lowest BCUT2D eigenvalue weighted by Gasteiger charge is -2.24. The number of thioether (sulfide) groups is 1. The first-order chi connectivity index (χ1) is 15.4. The molecule has 1 aromatic heterocycles. The second-order valence-corrected chi connectivity index (χ2v) is 10.6. The molecular weight excluding hydrogens is 462 g/mol. The van der Waals surface area contributed by atoms with Gasteiger partial charge < -0.3 is 9.64 Å². The van der Waals surface area contributed by atoms with Crippen molar-refractivity contribution in [2.24, 2.45) is 0 Å². The number of fused-ring (bicyclic) bond motifs is 1. The van der Waals surface area contributed by atoms with E-state index < -0.39 is 0 Å². The van der Waals surface area contributed by atoms with E-state index >= 15 is 0 Å². The summed E-state index contributed by atoms with van der Waals surface area (Å²) in [5.74, 6) is 0.588. The summed E-state index contributed by atoms with van der Waals surface area (Å²) in [7, 11) is 1.61. The standard InChI is InChI=1S/C24H30ClN3O2S2/c1-6-27(7-2)14-15-28(23(29)17-8-10-18(11-9-17)31-16(3)4)24-26-21-20(30-5)13-12-19(25)22(21)32-24/h8-13,16H,6-7,14-15H2,1-5H3. The summed E-state index contributed by atoms with van der Waals surface area (Å²) < 4.78 is 6.29. The van der Waals surface area contributed by atoms with Gasteiger partial charge in [0.2, 0.25) is 0 Å². The van der Waals surface area contributed by atoms with Gasteiger partial charge in [-0.15, -0.1) is 11.8 Å². The molecule has 0 saturated carbocycles. The number of likely N-dealkylation sites (N-methyl/N-ethyl adjacent to an activating group) is 1. The Morgan fingerprint density at radius 1 is 1.12 bits per heavy atom. The van der Waals surface area contributed by atoms with E-state index in [-0.39, 0.29) is 5.91 Å². The van der Waals surface area contributed by atoms with Crippen molar-refractivity contribution in [3.8, 4) is 5.75 Å². The van der Waals surface area contributed by atoms with E-state index in [1.54, 1.807) is 35.9 Å². The molecule has 0 spiro atoms. The molecule has 0 atom stereocenters. The molecule has 0 radical (unpaired) electrons. The monoisotopic (exact) mass is 491 g/mol. The Bertz CT molecular complexity index is 1050. The maximum Gasteiger partial charge on any atom is 0.260 e. The smallest absolute Gasteiger partial charge is 0.260 e. The van der Waals surface area contributed by atoms with Crippen molar-refractivity contribution in [1.82, 2.24) is 9.88 Å². The van der Waals surface area contributed by atoms with E-state index in [0.717, 1.165) is 29.2 Å². The van der Waals surface area contributed by atoms with Crippen LogP contribution in [0.25, 0.3) is 10.2 Å². The van der Waals surface area contributed by atoms with Crippen molar-refractivity contribution in [3.63, 3.8) is 0 Å². The third kappa shape index (κ3) is 5.76. The Morgan fingerprint density at radius 3 is 2.41 bits per heavy atom. The minimum atomic E-state index is -0.0626. The van der Waals surface area contributed by atoms with Gasteiger partial charge in [-0.05, 0) is 49.5 Å². The molecule has 3 aromatic rings. The molecule has 0 fully saturated rings. The number of nitrogens with zero attached hydrogens (tertiary/aromatic N) is 3. The number of anilines is 1. The molecule has 0 aliphatic carbocycles. The highest BCUT2D eigenvalue weighted by molar-refractivity contribution is 7.99. The Labute approximate surface area is 203 Å². The van der Waals surface area contributed by atoms with Crippen LogP contribution in [0.1, 0.15) is 38.1 Å². The number of amides is 1. The van der Waals surface area contributed by atoms with Crippen LogP contribution in [0.5, 0.6) is 5.75 Å². The van der Waals surface area contributed by atoms with Crippen LogP contribution >= 0.6 is 34.7 Å². The Hall–Kier alpha value is -1.80. The number of hydrogen-bond donors (Lipinski definition) is 0. The number of hydrogen-bond acceptors (Lipinski definition) is 6. The number of aromatic nitrogens is 1. The minimum Gasteiger partial charge on any atom is -0.494 e. The van der Waals surface area contributed by atoms with Crippen LogP contribution < -0.4 is 9.64 Å². The second-order valence-electron chi connectivity index (χ2n) is 7.60. The lowest BCUT2D eigenvalue weighted by Crippen LogP contribution is -2.38. The Morgan fingerprint density at radius 2 is 1.81 bits per heavy atom. The normalized spacial score (nSPS) is 11.5. The topological polar surface area (TPSA) is 45.7 Å². The van der Waals surface area contributed by atoms with Gasteiger partial charge in [-0.2, -0.15) is 0 Å². The number of benzene rings is 2. The van der Waals surface area contributed by atoms with Crippen LogP contribution in [-0.2, 0) is 0 Å². The zero-order valence-corrected chi connectivity index (χ0v) is 21.6. The number of halogens is 1. The Kier molecular flexibility index (Phi) is 8.82. The quantitative estimate of drug-likeness (QED) is 0.305. The fraction of sp³-hybridized carbons (Fsp3) is 0.417. The SMILES string of the molecule is CCN(CC)CCN(C(=O)c1ccc(SC(C)C)cc1)c1nc2c(OC)ccc(Cl)c2s1. The highest BCUT2D eigenvalue weighted by Gasteiger charge is 2.23. The van der Waals surface area contributed by atoms with Crippen LogP contribution in [0.4, 0.5) is 5.13 Å². The number of thiazole rings is 1. The van der Waals surface area contributed by atoms with Crippen LogP contribution in [0.15, 0.2) is 41.3 Å². The molecule has 5 nitrogen and oxygen atoms in total. The van der Waals surface area contributed by atoms with Crippen molar-refractivity contribution >= 4 is 56.0 Å². The van der Waals surface area contributed by atoms with E-state index in [0.29, 0.717) is 38.8 Å². The predicted molar refractivity (Wildman–Crippen MR) is 138 cm³/mol. The van der Waals surface area contributed by atoms with Gasteiger partial charge in [0.15, 0.2) is 5.13 Å². The van der Waals surface area contributed by atoms with E-state index in [1.807, 2.05) is 24.3 Å². The molecule has 172 valence electrons. The Balaban J connectivity index is 1.97. The molecule has 0 N–H and O–H groups in total. The highest BCUT2D eigenvalue weighted by Crippen LogP contribution is 2.39. The first-order valence-corrected chi connectivity index (χ1v) is 12.9. The van der Waals surface area contributed by atoms with Crippen LogP contribution in [0.3, 0.4) is 0 Å². The molecule has 3 rings (SSSR count). The van der Waals surface area contributed by atoms with Crippen molar-refractivity contribution in [2.45, 2.75) is 37.8 Å². The summed E-state index contributed by atoms with van der Waals surface area (Å²) in [5.41, 5.74) is 1.33. The summed E-state index contributed by atoms with van der Waals surface area (Å²) in [6.07, 6.45) is 0. The maximum absolute atomic E-state index is 13.6. The first kappa shape index (κ1) is 24.8. The molecule has 0 bridgehead atoms. The third-order valence-electron chi connectivity index (χ3n) is 5.15. The van der Waals surface area contributed by atoms with Gasteiger partial charge >= 0.3 is 0 Å². The fourth-order valence-electron chi connectivity index (χ4n) is 3.39. The average molecular weight is 492 g/mol. The van der Waals surface area contributed by atoms with E-state index in [4.69, 9.17) is 21.3 Å². The van der Waals surface area contributed by atoms with Crippen LogP contribution in [0, 0.1) is 0 Å². The van der Waals surface area contributed by atoms with Gasteiger partial charge in [0.1, 0.15) is 11.3 Å².